The SMILES string of the molecule is CCC(CC)(Cc1ccc(C(=O)O/C(C)=C(F)/C=C(\C)C(=N)N)s1)C(=O)NCCC(=O)O. The van der Waals surface area contributed by atoms with Gasteiger partial charge in [-0.05, 0) is 56.9 Å². The highest BCUT2D eigenvalue weighted by atomic mass is 32.1. The average Bonchev–Trinajstić information content (AvgIpc) is 3.19. The molecule has 1 aromatic heterocycles. The minimum atomic E-state index is -0.988. The fourth-order valence-corrected chi connectivity index (χ4v) is 3.92. The lowest BCUT2D eigenvalue weighted by Crippen LogP contribution is -2.42. The summed E-state index contributed by atoms with van der Waals surface area (Å²) in [6, 6.07) is 3.28. The van der Waals surface area contributed by atoms with Crippen LogP contribution in [0.4, 0.5) is 4.39 Å². The number of hydrogen-bond donors (Lipinski definition) is 4. The average molecular weight is 468 g/mol. The molecule has 0 aliphatic heterocycles. The minimum absolute atomic E-state index is 0.0483. The molecule has 0 bridgehead atoms. The van der Waals surface area contributed by atoms with Gasteiger partial charge in [-0.3, -0.25) is 15.0 Å². The highest BCUT2D eigenvalue weighted by Crippen LogP contribution is 2.34. The Kier molecular flexibility index (Phi) is 10.2. The fourth-order valence-electron chi connectivity index (χ4n) is 2.90. The number of nitrogens with two attached hydrogens (primary N) is 1. The Morgan fingerprint density at radius 1 is 1.28 bits per heavy atom. The molecule has 0 fully saturated rings. The van der Waals surface area contributed by atoms with Crippen LogP contribution in [0.15, 0.2) is 35.4 Å². The predicted octanol–water partition coefficient (Wildman–Crippen LogP) is 3.93. The number of halogens is 1. The second kappa shape index (κ2) is 12.1. The number of amidine groups is 1. The molecule has 10 heteroatoms. The molecule has 0 aliphatic carbocycles. The molecule has 0 radical (unpaired) electrons. The van der Waals surface area contributed by atoms with Crippen molar-refractivity contribution in [3.63, 3.8) is 0 Å². The topological polar surface area (TPSA) is 143 Å². The van der Waals surface area contributed by atoms with E-state index in [0.29, 0.717) is 19.3 Å². The number of ether oxygens (including phenoxy) is 1. The maximum absolute atomic E-state index is 14.1. The first-order chi connectivity index (χ1) is 15.0. The molecule has 1 amide bonds. The second-order valence-electron chi connectivity index (χ2n) is 7.36. The summed E-state index contributed by atoms with van der Waals surface area (Å²) in [7, 11) is 0. The number of nitrogens with one attached hydrogen (secondary N) is 2. The number of carboxylic acid groups (broad SMARTS) is 1. The molecular weight excluding hydrogens is 437 g/mol. The fraction of sp³-hybridized carbons (Fsp3) is 0.455. The van der Waals surface area contributed by atoms with Gasteiger partial charge in [0.1, 0.15) is 16.5 Å². The second-order valence-corrected chi connectivity index (χ2v) is 8.53. The predicted molar refractivity (Wildman–Crippen MR) is 121 cm³/mol. The molecule has 1 heterocycles. The van der Waals surface area contributed by atoms with Gasteiger partial charge < -0.3 is 20.9 Å². The van der Waals surface area contributed by atoms with Crippen LogP contribution in [0, 0.1) is 10.8 Å². The lowest BCUT2D eigenvalue weighted by Gasteiger charge is -2.29. The van der Waals surface area contributed by atoms with E-state index < -0.39 is 23.2 Å². The largest absolute Gasteiger partial charge is 0.481 e. The Morgan fingerprint density at radius 3 is 2.44 bits per heavy atom. The summed E-state index contributed by atoms with van der Waals surface area (Å²) in [5.74, 6) is -3.29. The Bertz CT molecular complexity index is 932. The van der Waals surface area contributed by atoms with Crippen LogP contribution in [0.25, 0.3) is 0 Å². The van der Waals surface area contributed by atoms with Crippen molar-refractivity contribution in [2.45, 2.75) is 53.4 Å². The number of rotatable bonds is 12. The van der Waals surface area contributed by atoms with Gasteiger partial charge in [0.05, 0.1) is 11.8 Å². The van der Waals surface area contributed by atoms with Gasteiger partial charge in [0, 0.05) is 11.4 Å². The van der Waals surface area contributed by atoms with Gasteiger partial charge in [0.15, 0.2) is 5.83 Å². The molecule has 0 saturated heterocycles. The lowest BCUT2D eigenvalue weighted by molar-refractivity contribution is -0.137. The van der Waals surface area contributed by atoms with Crippen LogP contribution in [-0.2, 0) is 20.7 Å². The van der Waals surface area contributed by atoms with E-state index in [1.807, 2.05) is 13.8 Å². The molecule has 1 rings (SSSR count). The summed E-state index contributed by atoms with van der Waals surface area (Å²) in [6.45, 7) is 6.58. The molecule has 0 aliphatic rings. The van der Waals surface area contributed by atoms with Crippen LogP contribution in [0.1, 0.15) is 61.5 Å². The summed E-state index contributed by atoms with van der Waals surface area (Å²) in [5, 5.41) is 18.7. The van der Waals surface area contributed by atoms with E-state index in [2.05, 4.69) is 5.32 Å². The summed E-state index contributed by atoms with van der Waals surface area (Å²) in [4.78, 5) is 36.9. The normalized spacial score (nSPS) is 12.7. The number of thiophene rings is 1. The molecule has 0 unspecified atom stereocenters. The summed E-state index contributed by atoms with van der Waals surface area (Å²) < 4.78 is 19.2. The maximum atomic E-state index is 14.1. The number of allylic oxidation sites excluding steroid dienone is 3. The molecule has 0 aromatic carbocycles. The smallest absolute Gasteiger partial charge is 0.353 e. The van der Waals surface area contributed by atoms with Crippen LogP contribution in [0.2, 0.25) is 0 Å². The Hall–Kier alpha value is -3.01. The molecule has 0 spiro atoms. The van der Waals surface area contributed by atoms with Gasteiger partial charge in [-0.15, -0.1) is 11.3 Å². The van der Waals surface area contributed by atoms with Gasteiger partial charge in [0.2, 0.25) is 5.91 Å². The molecule has 8 nitrogen and oxygen atoms in total. The Balaban J connectivity index is 2.94. The Morgan fingerprint density at radius 2 is 1.91 bits per heavy atom. The van der Waals surface area contributed by atoms with Crippen LogP contribution in [-0.4, -0.2) is 35.3 Å². The quantitative estimate of drug-likeness (QED) is 0.121. The highest BCUT2D eigenvalue weighted by Gasteiger charge is 2.35. The number of amides is 1. The van der Waals surface area contributed by atoms with E-state index in [0.717, 1.165) is 22.3 Å². The number of esters is 1. The van der Waals surface area contributed by atoms with E-state index in [4.69, 9.17) is 21.0 Å². The van der Waals surface area contributed by atoms with Gasteiger partial charge in [0.25, 0.3) is 0 Å². The number of hydrogen-bond acceptors (Lipinski definition) is 6. The summed E-state index contributed by atoms with van der Waals surface area (Å²) in [6.07, 6.45) is 2.31. The number of carboxylic acids is 1. The first-order valence-corrected chi connectivity index (χ1v) is 11.0. The summed E-state index contributed by atoms with van der Waals surface area (Å²) in [5.41, 5.74) is 4.75. The van der Waals surface area contributed by atoms with Gasteiger partial charge in [-0.2, -0.15) is 0 Å². The molecule has 0 atom stereocenters. The zero-order chi connectivity index (χ0) is 24.5. The highest BCUT2D eigenvalue weighted by molar-refractivity contribution is 7.13. The molecule has 5 N–H and O–H groups in total. The van der Waals surface area contributed by atoms with Crippen molar-refractivity contribution < 1.29 is 28.6 Å². The third kappa shape index (κ3) is 7.60. The van der Waals surface area contributed by atoms with Crippen LogP contribution < -0.4 is 11.1 Å². The zero-order valence-corrected chi connectivity index (χ0v) is 19.5. The molecule has 32 heavy (non-hydrogen) atoms. The van der Waals surface area contributed by atoms with Crippen molar-refractivity contribution >= 4 is 35.0 Å². The van der Waals surface area contributed by atoms with Crippen LogP contribution >= 0.6 is 11.3 Å². The molecule has 176 valence electrons. The first-order valence-electron chi connectivity index (χ1n) is 10.2. The van der Waals surface area contributed by atoms with Crippen molar-refractivity contribution in [2.75, 3.05) is 6.54 Å². The number of carbonyl (C=O) groups is 3. The Labute approximate surface area is 190 Å². The van der Waals surface area contributed by atoms with Crippen molar-refractivity contribution in [1.82, 2.24) is 5.32 Å². The third-order valence-corrected chi connectivity index (χ3v) is 6.25. The molecular formula is C22H30FN3O5S. The maximum Gasteiger partial charge on any atom is 0.353 e. The summed E-state index contributed by atoms with van der Waals surface area (Å²) >= 11 is 1.15. The van der Waals surface area contributed by atoms with E-state index in [1.165, 1.54) is 13.8 Å². The zero-order valence-electron chi connectivity index (χ0n) is 18.7. The van der Waals surface area contributed by atoms with Gasteiger partial charge >= 0.3 is 11.9 Å². The van der Waals surface area contributed by atoms with Crippen LogP contribution in [0.3, 0.4) is 0 Å². The third-order valence-electron chi connectivity index (χ3n) is 5.19. The van der Waals surface area contributed by atoms with E-state index in [-0.39, 0.29) is 40.9 Å². The lowest BCUT2D eigenvalue weighted by atomic mass is 9.78. The standard InChI is InChI=1S/C22H30FN3O5S/c1-5-22(6-2,21(30)26-10-9-18(27)28)12-15-7-8-17(32-15)20(29)31-14(4)16(23)11-13(3)19(24)25/h7-8,11H,5-6,9-10,12H2,1-4H3,(H3,24,25)(H,26,30)(H,27,28)/b13-11+,16-14-. The van der Waals surface area contributed by atoms with E-state index >= 15 is 0 Å². The molecule has 1 aromatic rings. The number of aliphatic carboxylic acids is 1. The van der Waals surface area contributed by atoms with Crippen molar-refractivity contribution in [3.05, 3.63) is 45.1 Å². The monoisotopic (exact) mass is 467 g/mol. The minimum Gasteiger partial charge on any atom is -0.481 e. The van der Waals surface area contributed by atoms with E-state index in [1.54, 1.807) is 12.1 Å². The van der Waals surface area contributed by atoms with Crippen molar-refractivity contribution in [2.24, 2.45) is 11.1 Å². The molecule has 0 saturated carbocycles. The van der Waals surface area contributed by atoms with Gasteiger partial charge in [-0.1, -0.05) is 13.8 Å². The van der Waals surface area contributed by atoms with E-state index in [9.17, 15) is 18.8 Å². The van der Waals surface area contributed by atoms with Gasteiger partial charge in [-0.25, -0.2) is 9.18 Å². The van der Waals surface area contributed by atoms with Crippen molar-refractivity contribution in [3.8, 4) is 0 Å². The first kappa shape index (κ1) is 27.0. The van der Waals surface area contributed by atoms with Crippen molar-refractivity contribution in [1.29, 1.82) is 5.41 Å². The number of carbonyl (C=O) groups excluding carboxylic acids is 2. The van der Waals surface area contributed by atoms with Crippen LogP contribution in [0.5, 0.6) is 0 Å².